The molecule has 0 aliphatic rings. The van der Waals surface area contributed by atoms with Gasteiger partial charge in [-0.05, 0) is 48.2 Å². The molecule has 7 heteroatoms. The van der Waals surface area contributed by atoms with Crippen LogP contribution >= 0.6 is 23.7 Å². The fourth-order valence-corrected chi connectivity index (χ4v) is 4.45. The van der Waals surface area contributed by atoms with Crippen molar-refractivity contribution >= 4 is 44.7 Å². The van der Waals surface area contributed by atoms with Gasteiger partial charge in [0.1, 0.15) is 10.4 Å². The van der Waals surface area contributed by atoms with Crippen LogP contribution in [0.15, 0.2) is 41.2 Å². The Labute approximate surface area is 177 Å². The van der Waals surface area contributed by atoms with E-state index < -0.39 is 0 Å². The lowest BCUT2D eigenvalue weighted by molar-refractivity contribution is 0.416. The minimum absolute atomic E-state index is 0. The predicted molar refractivity (Wildman–Crippen MR) is 121 cm³/mol. The molecule has 0 saturated heterocycles. The van der Waals surface area contributed by atoms with Crippen LogP contribution in [0.1, 0.15) is 24.0 Å². The molecular formula is C22H22ClFN2O2S. The molecule has 0 amide bonds. The molecule has 2 heterocycles. The van der Waals surface area contributed by atoms with Crippen LogP contribution in [0.3, 0.4) is 0 Å². The van der Waals surface area contributed by atoms with Crippen LogP contribution in [-0.4, -0.2) is 18.6 Å². The SMILES string of the molecule is COc1cc(C)c2[nH]c(=O)c3sc(F)cc3c2c1-c1ccc(C(C)CN)cc1.Cl. The van der Waals surface area contributed by atoms with Gasteiger partial charge in [-0.1, -0.05) is 31.2 Å². The van der Waals surface area contributed by atoms with Crippen LogP contribution in [0, 0.1) is 12.1 Å². The molecule has 152 valence electrons. The van der Waals surface area contributed by atoms with Crippen LogP contribution in [-0.2, 0) is 0 Å². The number of thiophene rings is 1. The number of H-pyrrole nitrogens is 1. The topological polar surface area (TPSA) is 68.1 Å². The van der Waals surface area contributed by atoms with Gasteiger partial charge in [-0.25, -0.2) is 0 Å². The molecule has 0 saturated carbocycles. The average Bonchev–Trinajstić information content (AvgIpc) is 3.10. The van der Waals surface area contributed by atoms with Crippen LogP contribution in [0.4, 0.5) is 4.39 Å². The summed E-state index contributed by atoms with van der Waals surface area (Å²) in [5.74, 6) is 0.948. The van der Waals surface area contributed by atoms with Crippen molar-refractivity contribution in [3.8, 4) is 16.9 Å². The van der Waals surface area contributed by atoms with Crippen molar-refractivity contribution in [1.82, 2.24) is 4.98 Å². The van der Waals surface area contributed by atoms with E-state index in [0.29, 0.717) is 27.9 Å². The van der Waals surface area contributed by atoms with Crippen molar-refractivity contribution in [3.05, 3.63) is 63.0 Å². The Morgan fingerprint density at radius 3 is 2.55 bits per heavy atom. The van der Waals surface area contributed by atoms with E-state index in [-0.39, 0.29) is 29.0 Å². The molecule has 0 spiro atoms. The van der Waals surface area contributed by atoms with E-state index in [1.54, 1.807) is 7.11 Å². The van der Waals surface area contributed by atoms with Gasteiger partial charge < -0.3 is 15.5 Å². The quantitative estimate of drug-likeness (QED) is 0.456. The largest absolute Gasteiger partial charge is 0.496 e. The third-order valence-corrected chi connectivity index (χ3v) is 6.17. The first-order valence-electron chi connectivity index (χ1n) is 9.07. The zero-order valence-electron chi connectivity index (χ0n) is 16.3. The van der Waals surface area contributed by atoms with Crippen molar-refractivity contribution in [2.75, 3.05) is 13.7 Å². The first-order chi connectivity index (χ1) is 13.4. The Morgan fingerprint density at radius 1 is 1.24 bits per heavy atom. The predicted octanol–water partition coefficient (Wildman–Crippen LogP) is 5.35. The molecule has 2 aromatic carbocycles. The number of halogens is 2. The number of aryl methyl sites for hydroxylation is 1. The number of hydrogen-bond donors (Lipinski definition) is 2. The molecule has 1 atom stereocenters. The normalized spacial score (nSPS) is 12.2. The molecule has 0 aliphatic carbocycles. The molecule has 4 nitrogen and oxygen atoms in total. The number of nitrogens with two attached hydrogens (primary N) is 1. The third kappa shape index (κ3) is 3.52. The highest BCUT2D eigenvalue weighted by Crippen LogP contribution is 2.42. The maximum absolute atomic E-state index is 14.1. The van der Waals surface area contributed by atoms with Gasteiger partial charge in [-0.2, -0.15) is 4.39 Å². The third-order valence-electron chi connectivity index (χ3n) is 5.25. The van der Waals surface area contributed by atoms with Crippen molar-refractivity contribution in [2.24, 2.45) is 5.73 Å². The second-order valence-corrected chi connectivity index (χ2v) is 8.03. The summed E-state index contributed by atoms with van der Waals surface area (Å²) in [6.07, 6.45) is 0. The summed E-state index contributed by atoms with van der Waals surface area (Å²) < 4.78 is 20.1. The zero-order valence-corrected chi connectivity index (χ0v) is 18.0. The van der Waals surface area contributed by atoms with Gasteiger partial charge in [-0.15, -0.1) is 23.7 Å². The smallest absolute Gasteiger partial charge is 0.266 e. The van der Waals surface area contributed by atoms with Gasteiger partial charge in [0.15, 0.2) is 5.13 Å². The standard InChI is InChI=1S/C22H21FN2O2S.ClH/c1-11-8-16(27-3)18(14-6-4-13(5-7-14)12(2)10-24)19-15-9-17(23)28-21(15)22(26)25-20(11)19;/h4-9,12H,10,24H2,1-3H3,(H,25,26);1H. The summed E-state index contributed by atoms with van der Waals surface area (Å²) in [5, 5.41) is 1.02. The van der Waals surface area contributed by atoms with E-state index in [9.17, 15) is 9.18 Å². The summed E-state index contributed by atoms with van der Waals surface area (Å²) in [6.45, 7) is 4.57. The Bertz CT molecular complexity index is 1250. The molecule has 0 bridgehead atoms. The number of aromatic nitrogens is 1. The molecule has 0 radical (unpaired) electrons. The van der Waals surface area contributed by atoms with Crippen LogP contribution in [0.25, 0.3) is 32.1 Å². The number of aromatic amines is 1. The van der Waals surface area contributed by atoms with Crippen molar-refractivity contribution in [1.29, 1.82) is 0 Å². The lowest BCUT2D eigenvalue weighted by atomic mass is 9.93. The molecule has 29 heavy (non-hydrogen) atoms. The van der Waals surface area contributed by atoms with Crippen LogP contribution in [0.5, 0.6) is 5.75 Å². The number of rotatable bonds is 4. The molecule has 0 aliphatic heterocycles. The monoisotopic (exact) mass is 432 g/mol. The van der Waals surface area contributed by atoms with Crippen molar-refractivity contribution < 1.29 is 9.13 Å². The lowest BCUT2D eigenvalue weighted by Gasteiger charge is -2.16. The number of methoxy groups -OCH3 is 1. The fourth-order valence-electron chi connectivity index (χ4n) is 3.66. The molecule has 4 rings (SSSR count). The van der Waals surface area contributed by atoms with Crippen LogP contribution < -0.4 is 16.0 Å². The lowest BCUT2D eigenvalue weighted by Crippen LogP contribution is -2.08. The summed E-state index contributed by atoms with van der Waals surface area (Å²) in [4.78, 5) is 15.4. The minimum Gasteiger partial charge on any atom is -0.496 e. The van der Waals surface area contributed by atoms with Crippen molar-refractivity contribution in [3.63, 3.8) is 0 Å². The highest BCUT2D eigenvalue weighted by molar-refractivity contribution is 7.17. The fraction of sp³-hybridized carbons (Fsp3) is 0.227. The molecule has 2 aromatic heterocycles. The summed E-state index contributed by atoms with van der Waals surface area (Å²) in [6, 6.07) is 11.5. The van der Waals surface area contributed by atoms with E-state index in [0.717, 1.165) is 39.0 Å². The maximum Gasteiger partial charge on any atom is 0.266 e. The highest BCUT2D eigenvalue weighted by Gasteiger charge is 2.19. The molecule has 4 aromatic rings. The number of pyridine rings is 1. The highest BCUT2D eigenvalue weighted by atomic mass is 35.5. The molecular weight excluding hydrogens is 411 g/mol. The van der Waals surface area contributed by atoms with E-state index >= 15 is 0 Å². The number of benzene rings is 2. The Morgan fingerprint density at radius 2 is 1.93 bits per heavy atom. The van der Waals surface area contributed by atoms with Crippen LogP contribution in [0.2, 0.25) is 0 Å². The maximum atomic E-state index is 14.1. The molecule has 1 unspecified atom stereocenters. The van der Waals surface area contributed by atoms with Gasteiger partial charge in [0.25, 0.3) is 5.56 Å². The van der Waals surface area contributed by atoms with Gasteiger partial charge in [-0.3, -0.25) is 4.79 Å². The second kappa shape index (κ2) is 8.14. The Hall–Kier alpha value is -2.41. The Kier molecular flexibility index (Phi) is 5.98. The minimum atomic E-state index is -0.383. The molecule has 0 fully saturated rings. The zero-order chi connectivity index (χ0) is 20.0. The van der Waals surface area contributed by atoms with Gasteiger partial charge in [0.05, 0.1) is 12.6 Å². The summed E-state index contributed by atoms with van der Waals surface area (Å²) in [5.41, 5.74) is 10.0. The van der Waals surface area contributed by atoms with Crippen molar-refractivity contribution in [2.45, 2.75) is 19.8 Å². The first-order valence-corrected chi connectivity index (χ1v) is 9.89. The molecule has 3 N–H and O–H groups in total. The number of nitrogens with one attached hydrogen (secondary N) is 1. The number of fused-ring (bicyclic) bond motifs is 3. The van der Waals surface area contributed by atoms with E-state index in [2.05, 4.69) is 24.0 Å². The summed E-state index contributed by atoms with van der Waals surface area (Å²) in [7, 11) is 1.62. The van der Waals surface area contributed by atoms with Gasteiger partial charge in [0.2, 0.25) is 0 Å². The first kappa shape index (κ1) is 21.3. The second-order valence-electron chi connectivity index (χ2n) is 7.03. The number of ether oxygens (including phenoxy) is 1. The van der Waals surface area contributed by atoms with Gasteiger partial charge >= 0.3 is 0 Å². The average molecular weight is 433 g/mol. The van der Waals surface area contributed by atoms with E-state index in [4.69, 9.17) is 10.5 Å². The van der Waals surface area contributed by atoms with E-state index in [1.165, 1.54) is 6.07 Å². The van der Waals surface area contributed by atoms with E-state index in [1.807, 2.05) is 25.1 Å². The van der Waals surface area contributed by atoms with Gasteiger partial charge in [0, 0.05) is 16.3 Å². The number of hydrogen-bond acceptors (Lipinski definition) is 4. The summed E-state index contributed by atoms with van der Waals surface area (Å²) >= 11 is 0.861. The Balaban J connectivity index is 0.00000240.